The quantitative estimate of drug-likeness (QED) is 0.197. The number of nitriles is 2. The lowest BCUT2D eigenvalue weighted by Gasteiger charge is -2.09. The van der Waals surface area contributed by atoms with E-state index in [1.165, 1.54) is 0 Å². The normalized spacial score (nSPS) is 10.9. The van der Waals surface area contributed by atoms with Crippen molar-refractivity contribution in [3.05, 3.63) is 163 Å². The first kappa shape index (κ1) is 27.7. The van der Waals surface area contributed by atoms with Gasteiger partial charge < -0.3 is 4.57 Å². The molecule has 5 aromatic carbocycles. The van der Waals surface area contributed by atoms with Gasteiger partial charge in [-0.3, -0.25) is 0 Å². The molecule has 8 aromatic rings. The van der Waals surface area contributed by atoms with E-state index in [1.807, 2.05) is 91.0 Å². The predicted molar refractivity (Wildman–Crippen MR) is 188 cm³/mol. The van der Waals surface area contributed by atoms with Gasteiger partial charge in [0.05, 0.1) is 57.1 Å². The third-order valence-corrected chi connectivity index (χ3v) is 8.49. The van der Waals surface area contributed by atoms with E-state index in [-0.39, 0.29) is 0 Å². The van der Waals surface area contributed by atoms with Gasteiger partial charge in [0.2, 0.25) is 0 Å². The molecule has 0 atom stereocenters. The monoisotopic (exact) mass is 599 g/mol. The van der Waals surface area contributed by atoms with Crippen LogP contribution in [0, 0.1) is 22.7 Å². The average molecular weight is 600 g/mol. The molecular weight excluding hydrogens is 574 g/mol. The van der Waals surface area contributed by atoms with Crippen LogP contribution in [0.3, 0.4) is 0 Å². The van der Waals surface area contributed by atoms with Crippen molar-refractivity contribution in [3.63, 3.8) is 0 Å². The molecule has 0 bridgehead atoms. The molecule has 0 unspecified atom stereocenters. The van der Waals surface area contributed by atoms with E-state index < -0.39 is 0 Å². The SMILES string of the molecule is N#Cc1ccc(-c2cccc(-c3ccc4c(c3)c3cc(-c5cccc(-c6ccc(C#N)cc6)n5)ccc3n4-c3ccccc3)n2)cc1. The zero-order valence-electron chi connectivity index (χ0n) is 25.2. The fraction of sp³-hybridized carbons (Fsp3) is 0. The van der Waals surface area contributed by atoms with Crippen LogP contribution in [0.5, 0.6) is 0 Å². The zero-order chi connectivity index (χ0) is 31.7. The maximum absolute atomic E-state index is 9.21. The van der Waals surface area contributed by atoms with Crippen LogP contribution in [0.25, 0.3) is 72.5 Å². The molecule has 0 radical (unpaired) electrons. The van der Waals surface area contributed by atoms with Crippen LogP contribution < -0.4 is 0 Å². The third kappa shape index (κ3) is 5.09. The molecule has 5 nitrogen and oxygen atoms in total. The summed E-state index contributed by atoms with van der Waals surface area (Å²) in [5.41, 5.74) is 12.0. The Hall–Kier alpha value is -6.82. The highest BCUT2D eigenvalue weighted by Crippen LogP contribution is 2.37. The third-order valence-electron chi connectivity index (χ3n) is 8.49. The number of benzene rings is 5. The molecule has 0 saturated heterocycles. The molecule has 47 heavy (non-hydrogen) atoms. The molecule has 0 aliphatic carbocycles. The molecule has 8 rings (SSSR count). The van der Waals surface area contributed by atoms with Crippen molar-refractivity contribution < 1.29 is 0 Å². The van der Waals surface area contributed by atoms with E-state index in [4.69, 9.17) is 9.97 Å². The maximum atomic E-state index is 9.21. The summed E-state index contributed by atoms with van der Waals surface area (Å²) in [6.45, 7) is 0. The van der Waals surface area contributed by atoms with E-state index >= 15 is 0 Å². The first-order valence-electron chi connectivity index (χ1n) is 15.3. The summed E-state index contributed by atoms with van der Waals surface area (Å²) in [6, 6.07) is 55.0. The van der Waals surface area contributed by atoms with Gasteiger partial charge in [-0.15, -0.1) is 0 Å². The van der Waals surface area contributed by atoms with Crippen LogP contribution >= 0.6 is 0 Å². The molecule has 0 N–H and O–H groups in total. The Morgan fingerprint density at radius 3 is 1.23 bits per heavy atom. The van der Waals surface area contributed by atoms with Gasteiger partial charge in [0, 0.05) is 38.7 Å². The van der Waals surface area contributed by atoms with Gasteiger partial charge in [-0.25, -0.2) is 9.97 Å². The Balaban J connectivity index is 1.27. The van der Waals surface area contributed by atoms with Crippen LogP contribution in [-0.2, 0) is 0 Å². The second kappa shape index (κ2) is 11.6. The minimum Gasteiger partial charge on any atom is -0.309 e. The topological polar surface area (TPSA) is 78.3 Å². The molecular formula is C42H25N5. The van der Waals surface area contributed by atoms with Crippen molar-refractivity contribution in [2.45, 2.75) is 0 Å². The molecule has 0 amide bonds. The largest absolute Gasteiger partial charge is 0.309 e. The van der Waals surface area contributed by atoms with E-state index in [0.717, 1.165) is 72.5 Å². The summed E-state index contributed by atoms with van der Waals surface area (Å²) >= 11 is 0. The fourth-order valence-corrected chi connectivity index (χ4v) is 6.14. The molecule has 0 aliphatic heterocycles. The molecule has 3 aromatic heterocycles. The second-order valence-electron chi connectivity index (χ2n) is 11.3. The summed E-state index contributed by atoms with van der Waals surface area (Å²) in [5.74, 6) is 0. The number of fused-ring (bicyclic) bond motifs is 3. The van der Waals surface area contributed by atoms with Crippen LogP contribution in [0.4, 0.5) is 0 Å². The standard InChI is InChI=1S/C42H25N5/c43-26-28-12-16-30(17-13-28)37-8-4-10-39(45-37)32-20-22-41-35(24-32)36-25-33(21-23-42(36)47(41)34-6-2-1-3-7-34)40-11-5-9-38(46-40)31-18-14-29(27-44)15-19-31/h1-25H. The lowest BCUT2D eigenvalue weighted by atomic mass is 10.0. The number of rotatable bonds is 5. The summed E-state index contributed by atoms with van der Waals surface area (Å²) < 4.78 is 2.30. The minimum absolute atomic E-state index is 0.626. The molecule has 0 saturated carbocycles. The second-order valence-corrected chi connectivity index (χ2v) is 11.3. The highest BCUT2D eigenvalue weighted by molar-refractivity contribution is 6.11. The van der Waals surface area contributed by atoms with Gasteiger partial charge in [-0.1, -0.05) is 66.7 Å². The number of pyridine rings is 2. The minimum atomic E-state index is 0.626. The highest BCUT2D eigenvalue weighted by Gasteiger charge is 2.16. The lowest BCUT2D eigenvalue weighted by Crippen LogP contribution is -1.93. The summed E-state index contributed by atoms with van der Waals surface area (Å²) in [7, 11) is 0. The number of hydrogen-bond acceptors (Lipinski definition) is 4. The molecule has 0 aliphatic rings. The Labute approximate surface area is 271 Å². The van der Waals surface area contributed by atoms with Crippen molar-refractivity contribution in [2.75, 3.05) is 0 Å². The van der Waals surface area contributed by atoms with Crippen molar-refractivity contribution >= 4 is 21.8 Å². The maximum Gasteiger partial charge on any atom is 0.0991 e. The molecule has 218 valence electrons. The van der Waals surface area contributed by atoms with Gasteiger partial charge >= 0.3 is 0 Å². The van der Waals surface area contributed by atoms with E-state index in [9.17, 15) is 10.5 Å². The first-order chi connectivity index (χ1) is 23.2. The average Bonchev–Trinajstić information content (AvgIpc) is 3.48. The number of aromatic nitrogens is 3. The molecule has 0 spiro atoms. The number of hydrogen-bond donors (Lipinski definition) is 0. The van der Waals surface area contributed by atoms with E-state index in [0.29, 0.717) is 11.1 Å². The van der Waals surface area contributed by atoms with Gasteiger partial charge in [-0.05, 0) is 84.9 Å². The van der Waals surface area contributed by atoms with Crippen LogP contribution in [0.15, 0.2) is 152 Å². The Morgan fingerprint density at radius 2 is 0.809 bits per heavy atom. The Morgan fingerprint density at radius 1 is 0.404 bits per heavy atom. The van der Waals surface area contributed by atoms with Crippen molar-refractivity contribution in [1.82, 2.24) is 14.5 Å². The van der Waals surface area contributed by atoms with Crippen LogP contribution in [0.1, 0.15) is 11.1 Å². The number of para-hydroxylation sites is 1. The Kier molecular flexibility index (Phi) is 6.84. The fourth-order valence-electron chi connectivity index (χ4n) is 6.14. The summed E-state index contributed by atoms with van der Waals surface area (Å²) in [6.07, 6.45) is 0. The Bertz CT molecular complexity index is 2360. The van der Waals surface area contributed by atoms with Gasteiger partial charge in [0.25, 0.3) is 0 Å². The van der Waals surface area contributed by atoms with E-state index in [2.05, 4.69) is 77.4 Å². The highest BCUT2D eigenvalue weighted by atomic mass is 15.0. The predicted octanol–water partition coefficient (Wildman–Crippen LogP) is 9.99. The van der Waals surface area contributed by atoms with Crippen LogP contribution in [0.2, 0.25) is 0 Å². The van der Waals surface area contributed by atoms with Crippen molar-refractivity contribution in [2.24, 2.45) is 0 Å². The summed E-state index contributed by atoms with van der Waals surface area (Å²) in [5, 5.41) is 20.7. The number of nitrogens with zero attached hydrogens (tertiary/aromatic N) is 5. The molecule has 0 fully saturated rings. The first-order valence-corrected chi connectivity index (χ1v) is 15.3. The zero-order valence-corrected chi connectivity index (χ0v) is 25.2. The van der Waals surface area contributed by atoms with Gasteiger partial charge in [0.15, 0.2) is 0 Å². The van der Waals surface area contributed by atoms with Gasteiger partial charge in [0.1, 0.15) is 0 Å². The van der Waals surface area contributed by atoms with Gasteiger partial charge in [-0.2, -0.15) is 10.5 Å². The van der Waals surface area contributed by atoms with Crippen LogP contribution in [-0.4, -0.2) is 14.5 Å². The molecule has 3 heterocycles. The van der Waals surface area contributed by atoms with Crippen molar-refractivity contribution in [1.29, 1.82) is 10.5 Å². The van der Waals surface area contributed by atoms with Crippen molar-refractivity contribution in [3.8, 4) is 62.9 Å². The lowest BCUT2D eigenvalue weighted by molar-refractivity contribution is 1.18. The smallest absolute Gasteiger partial charge is 0.0991 e. The van der Waals surface area contributed by atoms with E-state index in [1.54, 1.807) is 0 Å². The summed E-state index contributed by atoms with van der Waals surface area (Å²) in [4.78, 5) is 10.0. The molecule has 5 heteroatoms.